The van der Waals surface area contributed by atoms with Crippen molar-refractivity contribution >= 4 is 35.1 Å². The van der Waals surface area contributed by atoms with Crippen molar-refractivity contribution in [1.29, 1.82) is 0 Å². The Balaban J connectivity index is 1.74. The van der Waals surface area contributed by atoms with E-state index in [-0.39, 0.29) is 11.6 Å². The van der Waals surface area contributed by atoms with Crippen molar-refractivity contribution in [3.05, 3.63) is 78.8 Å². The monoisotopic (exact) mass is 403 g/mol. The van der Waals surface area contributed by atoms with Gasteiger partial charge in [0.15, 0.2) is 5.82 Å². The van der Waals surface area contributed by atoms with E-state index < -0.39 is 0 Å². The number of aromatic nitrogens is 4. The lowest BCUT2D eigenvalue weighted by Crippen LogP contribution is -2.19. The zero-order valence-corrected chi connectivity index (χ0v) is 16.3. The zero-order valence-electron chi connectivity index (χ0n) is 15.5. The van der Waals surface area contributed by atoms with Crippen LogP contribution in [0.3, 0.4) is 0 Å². The molecule has 1 N–H and O–H groups in total. The molecule has 0 unspecified atom stereocenters. The van der Waals surface area contributed by atoms with Gasteiger partial charge in [-0.1, -0.05) is 36.4 Å². The molecule has 0 bridgehead atoms. The number of carbonyl (C=O) groups is 1. The number of anilines is 1. The van der Waals surface area contributed by atoms with Gasteiger partial charge in [0, 0.05) is 22.2 Å². The van der Waals surface area contributed by atoms with Crippen LogP contribution in [0.4, 0.5) is 5.69 Å². The Kier molecular flexibility index (Phi) is 5.53. The fourth-order valence-electron chi connectivity index (χ4n) is 2.74. The van der Waals surface area contributed by atoms with Crippen LogP contribution in [0.15, 0.2) is 82.3 Å². The topological polar surface area (TPSA) is 85.8 Å². The molecule has 2 heterocycles. The number of hydrogen-bond acceptors (Lipinski definition) is 6. The maximum atomic E-state index is 13.2. The normalized spacial score (nSPS) is 11.4. The molecule has 0 fully saturated rings. The number of benzene rings is 2. The molecule has 0 spiro atoms. The van der Waals surface area contributed by atoms with E-state index in [9.17, 15) is 4.79 Å². The Hall–Kier alpha value is -3.65. The number of nitrogens with zero attached hydrogens (tertiary/aromatic N) is 4. The van der Waals surface area contributed by atoms with Crippen molar-refractivity contribution in [2.45, 2.75) is 4.90 Å². The standard InChI is InChI=1S/C21H17N5O2S/c1-29-18-11-5-9-16(13-18)22-21(27)19(14-17-10-6-12-28-17)26-20(23-24-25-26)15-7-3-2-4-8-15/h2-14H,1H3,(H,22,27)/b19-14+. The van der Waals surface area contributed by atoms with Gasteiger partial charge in [0.05, 0.1) is 6.26 Å². The third kappa shape index (κ3) is 4.27. The summed E-state index contributed by atoms with van der Waals surface area (Å²) in [6.45, 7) is 0. The first-order valence-electron chi connectivity index (χ1n) is 8.79. The number of tetrazole rings is 1. The predicted molar refractivity (Wildman–Crippen MR) is 113 cm³/mol. The maximum absolute atomic E-state index is 13.2. The molecule has 0 aliphatic carbocycles. The van der Waals surface area contributed by atoms with E-state index in [4.69, 9.17) is 4.42 Å². The SMILES string of the molecule is CSc1cccc(NC(=O)/C(=C\c2ccco2)n2nnnc2-c2ccccc2)c1. The van der Waals surface area contributed by atoms with Crippen LogP contribution in [0.25, 0.3) is 23.2 Å². The molecule has 8 heteroatoms. The fraction of sp³-hybridized carbons (Fsp3) is 0.0476. The summed E-state index contributed by atoms with van der Waals surface area (Å²) in [5, 5.41) is 14.8. The third-order valence-corrected chi connectivity index (χ3v) is 4.84. The summed E-state index contributed by atoms with van der Waals surface area (Å²) < 4.78 is 6.81. The smallest absolute Gasteiger partial charge is 0.274 e. The van der Waals surface area contributed by atoms with Crippen molar-refractivity contribution in [2.75, 3.05) is 11.6 Å². The highest BCUT2D eigenvalue weighted by atomic mass is 32.2. The van der Waals surface area contributed by atoms with Gasteiger partial charge in [0.1, 0.15) is 11.5 Å². The summed E-state index contributed by atoms with van der Waals surface area (Å²) in [5.74, 6) is 0.614. The van der Waals surface area contributed by atoms with Crippen LogP contribution in [0.2, 0.25) is 0 Å². The lowest BCUT2D eigenvalue weighted by atomic mass is 10.2. The van der Waals surface area contributed by atoms with Crippen molar-refractivity contribution < 1.29 is 9.21 Å². The van der Waals surface area contributed by atoms with Crippen LogP contribution in [0.5, 0.6) is 0 Å². The van der Waals surface area contributed by atoms with Gasteiger partial charge in [-0.15, -0.1) is 16.9 Å². The molecule has 1 amide bonds. The number of rotatable bonds is 6. The average Bonchev–Trinajstić information content (AvgIpc) is 3.44. The first kappa shape index (κ1) is 18.7. The minimum atomic E-state index is -0.357. The van der Waals surface area contributed by atoms with Crippen LogP contribution >= 0.6 is 11.8 Å². The predicted octanol–water partition coefficient (Wildman–Crippen LogP) is 4.29. The van der Waals surface area contributed by atoms with Crippen molar-refractivity contribution in [1.82, 2.24) is 20.2 Å². The van der Waals surface area contributed by atoms with E-state index in [0.717, 1.165) is 10.5 Å². The van der Waals surface area contributed by atoms with E-state index in [0.29, 0.717) is 17.3 Å². The molecule has 2 aromatic carbocycles. The van der Waals surface area contributed by atoms with Crippen molar-refractivity contribution in [3.8, 4) is 11.4 Å². The second-order valence-electron chi connectivity index (χ2n) is 6.01. The van der Waals surface area contributed by atoms with E-state index in [2.05, 4.69) is 20.8 Å². The van der Waals surface area contributed by atoms with Crippen LogP contribution < -0.4 is 5.32 Å². The van der Waals surface area contributed by atoms with Crippen molar-refractivity contribution in [2.24, 2.45) is 0 Å². The Morgan fingerprint density at radius 1 is 1.10 bits per heavy atom. The van der Waals surface area contributed by atoms with E-state index in [1.165, 1.54) is 4.68 Å². The minimum Gasteiger partial charge on any atom is -0.465 e. The molecule has 7 nitrogen and oxygen atoms in total. The number of furan rings is 1. The lowest BCUT2D eigenvalue weighted by Gasteiger charge is -2.11. The van der Waals surface area contributed by atoms with E-state index in [1.54, 1.807) is 36.2 Å². The summed E-state index contributed by atoms with van der Waals surface area (Å²) in [7, 11) is 0. The summed E-state index contributed by atoms with van der Waals surface area (Å²) >= 11 is 1.60. The van der Waals surface area contributed by atoms with Gasteiger partial charge in [0.2, 0.25) is 0 Å². The minimum absolute atomic E-state index is 0.235. The molecule has 0 aliphatic heterocycles. The van der Waals surface area contributed by atoms with Gasteiger partial charge < -0.3 is 9.73 Å². The zero-order chi connectivity index (χ0) is 20.1. The van der Waals surface area contributed by atoms with Crippen molar-refractivity contribution in [3.63, 3.8) is 0 Å². The molecule has 0 radical (unpaired) electrons. The molecule has 144 valence electrons. The highest BCUT2D eigenvalue weighted by Crippen LogP contribution is 2.23. The Morgan fingerprint density at radius 3 is 2.72 bits per heavy atom. The highest BCUT2D eigenvalue weighted by molar-refractivity contribution is 7.98. The molecule has 0 saturated carbocycles. The van der Waals surface area contributed by atoms with Gasteiger partial charge in [-0.2, -0.15) is 4.68 Å². The van der Waals surface area contributed by atoms with Gasteiger partial charge in [-0.25, -0.2) is 0 Å². The number of nitrogens with one attached hydrogen (secondary N) is 1. The summed E-state index contributed by atoms with van der Waals surface area (Å²) in [6, 6.07) is 20.6. The molecule has 0 aliphatic rings. The number of carbonyl (C=O) groups excluding carboxylic acids is 1. The lowest BCUT2D eigenvalue weighted by molar-refractivity contribution is -0.111. The Morgan fingerprint density at radius 2 is 1.97 bits per heavy atom. The van der Waals surface area contributed by atoms with Gasteiger partial charge >= 0.3 is 0 Å². The van der Waals surface area contributed by atoms with Gasteiger partial charge in [-0.3, -0.25) is 4.79 Å². The van der Waals surface area contributed by atoms with Gasteiger partial charge in [0.25, 0.3) is 5.91 Å². The summed E-state index contributed by atoms with van der Waals surface area (Å²) in [5.41, 5.74) is 1.71. The molecule has 0 saturated heterocycles. The summed E-state index contributed by atoms with van der Waals surface area (Å²) in [4.78, 5) is 14.2. The quantitative estimate of drug-likeness (QED) is 0.382. The van der Waals surface area contributed by atoms with Crippen LogP contribution in [0.1, 0.15) is 5.76 Å². The molecule has 2 aromatic heterocycles. The number of thioether (sulfide) groups is 1. The Bertz CT molecular complexity index is 1140. The van der Waals surface area contributed by atoms with E-state index in [1.807, 2.05) is 60.9 Å². The number of amides is 1. The Labute approximate surface area is 171 Å². The molecule has 29 heavy (non-hydrogen) atoms. The highest BCUT2D eigenvalue weighted by Gasteiger charge is 2.20. The second kappa shape index (κ2) is 8.57. The average molecular weight is 403 g/mol. The molecular formula is C21H17N5O2S. The molecule has 4 rings (SSSR count). The van der Waals surface area contributed by atoms with Crippen LogP contribution in [-0.2, 0) is 4.79 Å². The molecule has 0 atom stereocenters. The number of hydrogen-bond donors (Lipinski definition) is 1. The maximum Gasteiger partial charge on any atom is 0.274 e. The van der Waals surface area contributed by atoms with Crippen LogP contribution in [0, 0.1) is 0 Å². The molecule has 4 aromatic rings. The molecular weight excluding hydrogens is 386 g/mol. The van der Waals surface area contributed by atoms with Crippen LogP contribution in [-0.4, -0.2) is 32.4 Å². The van der Waals surface area contributed by atoms with E-state index >= 15 is 0 Å². The first-order chi connectivity index (χ1) is 14.2. The fourth-order valence-corrected chi connectivity index (χ4v) is 3.20. The third-order valence-electron chi connectivity index (χ3n) is 4.11. The second-order valence-corrected chi connectivity index (χ2v) is 6.89. The summed E-state index contributed by atoms with van der Waals surface area (Å²) in [6.07, 6.45) is 5.13. The largest absolute Gasteiger partial charge is 0.465 e. The first-order valence-corrected chi connectivity index (χ1v) is 10.0. The van der Waals surface area contributed by atoms with Gasteiger partial charge in [-0.05, 0) is 47.0 Å².